The van der Waals surface area contributed by atoms with Gasteiger partial charge in [-0.3, -0.25) is 9.59 Å². The van der Waals surface area contributed by atoms with Gasteiger partial charge in [0.15, 0.2) is 0 Å². The van der Waals surface area contributed by atoms with Crippen molar-refractivity contribution in [2.24, 2.45) is 0 Å². The molecule has 1 aromatic heterocycles. The van der Waals surface area contributed by atoms with Gasteiger partial charge in [0.2, 0.25) is 5.91 Å². The fourth-order valence-corrected chi connectivity index (χ4v) is 2.64. The number of carbonyl (C=O) groups excluding carboxylic acids is 2. The molecule has 138 valence electrons. The number of hydrogen-bond acceptors (Lipinski definition) is 4. The van der Waals surface area contributed by atoms with Crippen LogP contribution in [-0.2, 0) is 9.53 Å². The molecular formula is C19H17ClN4O3. The molecule has 3 rings (SSSR count). The number of ether oxygens (including phenoxy) is 1. The molecule has 0 bridgehead atoms. The second kappa shape index (κ2) is 8.48. The molecule has 1 heterocycles. The topological polar surface area (TPSA) is 85.2 Å². The lowest BCUT2D eigenvalue weighted by Gasteiger charge is -2.08. The van der Waals surface area contributed by atoms with Crippen LogP contribution in [0, 0.1) is 0 Å². The Hall–Kier alpha value is -3.16. The van der Waals surface area contributed by atoms with Crippen molar-refractivity contribution in [2.75, 3.05) is 24.4 Å². The van der Waals surface area contributed by atoms with Gasteiger partial charge < -0.3 is 15.4 Å². The van der Waals surface area contributed by atoms with Crippen LogP contribution in [-0.4, -0.2) is 35.3 Å². The summed E-state index contributed by atoms with van der Waals surface area (Å²) in [6, 6.07) is 14.0. The quantitative estimate of drug-likeness (QED) is 0.682. The molecule has 0 saturated carbocycles. The van der Waals surface area contributed by atoms with Crippen molar-refractivity contribution in [1.29, 1.82) is 0 Å². The molecule has 0 aliphatic carbocycles. The Morgan fingerprint density at radius 2 is 1.85 bits per heavy atom. The largest absolute Gasteiger partial charge is 0.375 e. The number of benzene rings is 2. The first-order valence-corrected chi connectivity index (χ1v) is 8.44. The van der Waals surface area contributed by atoms with Gasteiger partial charge in [-0.05, 0) is 30.3 Å². The van der Waals surface area contributed by atoms with E-state index in [4.69, 9.17) is 16.3 Å². The minimum Gasteiger partial charge on any atom is -0.375 e. The van der Waals surface area contributed by atoms with Crippen LogP contribution in [0.15, 0.2) is 60.9 Å². The van der Waals surface area contributed by atoms with Crippen LogP contribution in [0.25, 0.3) is 5.69 Å². The summed E-state index contributed by atoms with van der Waals surface area (Å²) in [5.74, 6) is -0.601. The first-order chi connectivity index (χ1) is 13.1. The SMILES string of the molecule is COCC(=O)Nc1cccc(NC(=O)c2cnn(-c3ccccc3Cl)c2)c1. The van der Waals surface area contributed by atoms with Crippen molar-refractivity contribution in [3.63, 3.8) is 0 Å². The Kier molecular flexibility index (Phi) is 5.85. The molecule has 0 unspecified atom stereocenters. The number of nitrogens with zero attached hydrogens (tertiary/aromatic N) is 2. The molecule has 3 aromatic rings. The molecule has 7 nitrogen and oxygen atoms in total. The number of anilines is 2. The minimum atomic E-state index is -0.325. The Labute approximate surface area is 160 Å². The van der Waals surface area contributed by atoms with Crippen LogP contribution >= 0.6 is 11.6 Å². The molecule has 2 amide bonds. The number of aromatic nitrogens is 2. The third kappa shape index (κ3) is 4.72. The van der Waals surface area contributed by atoms with Crippen LogP contribution in [0.1, 0.15) is 10.4 Å². The lowest BCUT2D eigenvalue weighted by molar-refractivity contribution is -0.119. The molecule has 0 aliphatic rings. The van der Waals surface area contributed by atoms with Gasteiger partial charge in [0, 0.05) is 24.7 Å². The predicted molar refractivity (Wildman–Crippen MR) is 103 cm³/mol. The number of nitrogens with one attached hydrogen (secondary N) is 2. The van der Waals surface area contributed by atoms with Gasteiger partial charge >= 0.3 is 0 Å². The zero-order valence-electron chi connectivity index (χ0n) is 14.5. The van der Waals surface area contributed by atoms with E-state index < -0.39 is 0 Å². The van der Waals surface area contributed by atoms with Gasteiger partial charge in [-0.1, -0.05) is 29.8 Å². The Balaban J connectivity index is 1.71. The highest BCUT2D eigenvalue weighted by Crippen LogP contribution is 2.20. The van der Waals surface area contributed by atoms with Crippen LogP contribution in [0.3, 0.4) is 0 Å². The molecular weight excluding hydrogens is 368 g/mol. The average molecular weight is 385 g/mol. The molecule has 0 spiro atoms. The number of rotatable bonds is 6. The number of hydrogen-bond donors (Lipinski definition) is 2. The van der Waals surface area contributed by atoms with E-state index in [0.717, 1.165) is 0 Å². The normalized spacial score (nSPS) is 10.4. The number of carbonyl (C=O) groups is 2. The van der Waals surface area contributed by atoms with Crippen LogP contribution < -0.4 is 10.6 Å². The molecule has 2 N–H and O–H groups in total. The van der Waals surface area contributed by atoms with Gasteiger partial charge in [-0.15, -0.1) is 0 Å². The highest BCUT2D eigenvalue weighted by atomic mass is 35.5. The molecule has 0 atom stereocenters. The van der Waals surface area contributed by atoms with Crippen molar-refractivity contribution in [3.8, 4) is 5.69 Å². The van der Waals surface area contributed by atoms with E-state index in [1.54, 1.807) is 41.2 Å². The molecule has 0 radical (unpaired) electrons. The molecule has 2 aromatic carbocycles. The maximum absolute atomic E-state index is 12.5. The standard InChI is InChI=1S/C19H17ClN4O3/c1-27-12-18(25)22-14-5-4-6-15(9-14)23-19(26)13-10-21-24(11-13)17-8-3-2-7-16(17)20/h2-11H,12H2,1H3,(H,22,25)(H,23,26). The Bertz CT molecular complexity index is 971. The maximum Gasteiger partial charge on any atom is 0.258 e. The summed E-state index contributed by atoms with van der Waals surface area (Å²) >= 11 is 6.15. The van der Waals surface area contributed by atoms with Crippen molar-refractivity contribution in [1.82, 2.24) is 9.78 Å². The molecule has 8 heteroatoms. The summed E-state index contributed by atoms with van der Waals surface area (Å²) in [6.07, 6.45) is 3.06. The van der Waals surface area contributed by atoms with Gasteiger partial charge in [-0.2, -0.15) is 5.10 Å². The Morgan fingerprint density at radius 3 is 2.59 bits per heavy atom. The van der Waals surface area contributed by atoms with Gasteiger partial charge in [0.05, 0.1) is 22.5 Å². The third-order valence-corrected chi connectivity index (χ3v) is 3.94. The van der Waals surface area contributed by atoms with E-state index in [2.05, 4.69) is 15.7 Å². The molecule has 0 aliphatic heterocycles. The minimum absolute atomic E-state index is 0.0438. The lowest BCUT2D eigenvalue weighted by Crippen LogP contribution is -2.17. The monoisotopic (exact) mass is 384 g/mol. The molecule has 0 fully saturated rings. The van der Waals surface area contributed by atoms with E-state index in [-0.39, 0.29) is 18.4 Å². The summed E-state index contributed by atoms with van der Waals surface area (Å²) < 4.78 is 6.32. The number of amides is 2. The number of para-hydroxylation sites is 1. The van der Waals surface area contributed by atoms with E-state index in [1.807, 2.05) is 18.2 Å². The van der Waals surface area contributed by atoms with Crippen LogP contribution in [0.5, 0.6) is 0 Å². The first-order valence-electron chi connectivity index (χ1n) is 8.06. The fourth-order valence-electron chi connectivity index (χ4n) is 2.42. The van der Waals surface area contributed by atoms with Crippen molar-refractivity contribution < 1.29 is 14.3 Å². The van der Waals surface area contributed by atoms with Crippen LogP contribution in [0.4, 0.5) is 11.4 Å². The van der Waals surface area contributed by atoms with E-state index in [1.165, 1.54) is 13.3 Å². The second-order valence-electron chi connectivity index (χ2n) is 5.64. The smallest absolute Gasteiger partial charge is 0.258 e. The molecule has 0 saturated heterocycles. The van der Waals surface area contributed by atoms with Gasteiger partial charge in [0.1, 0.15) is 6.61 Å². The zero-order valence-corrected chi connectivity index (χ0v) is 15.2. The third-order valence-electron chi connectivity index (χ3n) is 3.62. The van der Waals surface area contributed by atoms with Crippen molar-refractivity contribution >= 4 is 34.8 Å². The van der Waals surface area contributed by atoms with Gasteiger partial charge in [-0.25, -0.2) is 4.68 Å². The van der Waals surface area contributed by atoms with E-state index in [9.17, 15) is 9.59 Å². The lowest BCUT2D eigenvalue weighted by atomic mass is 10.2. The number of methoxy groups -OCH3 is 1. The summed E-state index contributed by atoms with van der Waals surface area (Å²) in [5, 5.41) is 10.2. The van der Waals surface area contributed by atoms with Crippen LogP contribution in [0.2, 0.25) is 5.02 Å². The number of halogens is 1. The summed E-state index contributed by atoms with van der Waals surface area (Å²) in [4.78, 5) is 24.1. The summed E-state index contributed by atoms with van der Waals surface area (Å²) in [5.41, 5.74) is 2.16. The average Bonchev–Trinajstić information content (AvgIpc) is 3.12. The van der Waals surface area contributed by atoms with E-state index in [0.29, 0.717) is 27.6 Å². The first kappa shape index (κ1) is 18.6. The highest BCUT2D eigenvalue weighted by Gasteiger charge is 2.12. The van der Waals surface area contributed by atoms with E-state index >= 15 is 0 Å². The predicted octanol–water partition coefficient (Wildman–Crippen LogP) is 3.36. The highest BCUT2D eigenvalue weighted by molar-refractivity contribution is 6.32. The second-order valence-corrected chi connectivity index (χ2v) is 6.05. The van der Waals surface area contributed by atoms with Crippen molar-refractivity contribution in [3.05, 3.63) is 71.5 Å². The Morgan fingerprint density at radius 1 is 1.11 bits per heavy atom. The zero-order chi connectivity index (χ0) is 19.2. The summed E-state index contributed by atoms with van der Waals surface area (Å²) in [7, 11) is 1.44. The molecule has 27 heavy (non-hydrogen) atoms. The van der Waals surface area contributed by atoms with Crippen molar-refractivity contribution in [2.45, 2.75) is 0 Å². The maximum atomic E-state index is 12.5. The summed E-state index contributed by atoms with van der Waals surface area (Å²) in [6.45, 7) is -0.0438. The fraction of sp³-hybridized carbons (Fsp3) is 0.105. The van der Waals surface area contributed by atoms with Gasteiger partial charge in [0.25, 0.3) is 5.91 Å².